The van der Waals surface area contributed by atoms with Gasteiger partial charge in [0.05, 0.1) is 5.56 Å². The van der Waals surface area contributed by atoms with Gasteiger partial charge < -0.3 is 14.5 Å². The first-order chi connectivity index (χ1) is 14.7. The van der Waals surface area contributed by atoms with E-state index in [1.165, 1.54) is 6.07 Å². The van der Waals surface area contributed by atoms with Gasteiger partial charge in [-0.3, -0.25) is 0 Å². The summed E-state index contributed by atoms with van der Waals surface area (Å²) in [5, 5.41) is 17.1. The third kappa shape index (κ3) is 4.60. The maximum absolute atomic E-state index is 13.2. The summed E-state index contributed by atoms with van der Waals surface area (Å²) in [5.41, 5.74) is -0.0320. The molecule has 0 bridgehead atoms. The fourth-order valence-corrected chi connectivity index (χ4v) is 3.37. The molecule has 0 unspecified atom stereocenters. The highest BCUT2D eigenvalue weighted by molar-refractivity contribution is 9.10. The number of nitrogens with one attached hydrogen (secondary N) is 2. The number of halogens is 6. The zero-order chi connectivity index (χ0) is 22.2. The largest absolute Gasteiger partial charge is 0.453 e. The molecule has 0 amide bonds. The highest BCUT2D eigenvalue weighted by Gasteiger charge is 2.35. The Kier molecular flexibility index (Phi) is 5.52. The molecule has 2 N–H and O–H groups in total. The predicted octanol–water partition coefficient (Wildman–Crippen LogP) is 5.61. The van der Waals surface area contributed by atoms with E-state index in [1.54, 1.807) is 18.2 Å². The van der Waals surface area contributed by atoms with Gasteiger partial charge in [-0.05, 0) is 47.2 Å². The molecular weight excluding hydrogens is 493 g/mol. The first kappa shape index (κ1) is 21.0. The molecule has 0 atom stereocenters. The van der Waals surface area contributed by atoms with Gasteiger partial charge >= 0.3 is 12.8 Å². The quantitative estimate of drug-likeness (QED) is 0.332. The minimum absolute atomic E-state index is 0.0767. The van der Waals surface area contributed by atoms with Gasteiger partial charge in [0, 0.05) is 22.1 Å². The smallest absolute Gasteiger partial charge is 0.420 e. The molecule has 0 spiro atoms. The lowest BCUT2D eigenvalue weighted by atomic mass is 10.1. The molecule has 0 aliphatic carbocycles. The molecule has 0 aliphatic rings. The Labute approximate surface area is 178 Å². The number of aromatic nitrogens is 4. The van der Waals surface area contributed by atoms with Crippen molar-refractivity contribution in [1.29, 1.82) is 0 Å². The molecule has 13 heteroatoms. The van der Waals surface area contributed by atoms with Crippen molar-refractivity contribution in [3.63, 3.8) is 0 Å². The molecule has 7 nitrogen and oxygen atoms in total. The van der Waals surface area contributed by atoms with Crippen LogP contribution in [0.4, 0.5) is 27.6 Å². The zero-order valence-corrected chi connectivity index (χ0v) is 16.8. The Morgan fingerprint density at radius 2 is 1.97 bits per heavy atom. The van der Waals surface area contributed by atoms with Crippen molar-refractivity contribution in [1.82, 2.24) is 20.6 Å². The second-order valence-corrected chi connectivity index (χ2v) is 7.12. The van der Waals surface area contributed by atoms with Crippen LogP contribution in [0.25, 0.3) is 22.6 Å². The predicted molar refractivity (Wildman–Crippen MR) is 102 cm³/mol. The van der Waals surface area contributed by atoms with E-state index in [0.29, 0.717) is 27.4 Å². The average molecular weight is 504 g/mol. The number of benzene rings is 2. The van der Waals surface area contributed by atoms with Crippen LogP contribution >= 0.6 is 15.9 Å². The summed E-state index contributed by atoms with van der Waals surface area (Å²) in [4.78, 5) is 0. The lowest BCUT2D eigenvalue weighted by Gasteiger charge is -2.16. The average Bonchev–Trinajstić information content (AvgIpc) is 3.35. The first-order valence-corrected chi connectivity index (χ1v) is 9.36. The van der Waals surface area contributed by atoms with E-state index in [1.807, 2.05) is 0 Å². The van der Waals surface area contributed by atoms with E-state index < -0.39 is 24.1 Å². The van der Waals surface area contributed by atoms with Crippen LogP contribution in [-0.2, 0) is 12.7 Å². The van der Waals surface area contributed by atoms with Crippen LogP contribution in [0, 0.1) is 0 Å². The lowest BCUT2D eigenvalue weighted by Crippen LogP contribution is -2.12. The van der Waals surface area contributed by atoms with Crippen molar-refractivity contribution in [3.8, 4) is 17.3 Å². The number of rotatable bonds is 6. The van der Waals surface area contributed by atoms with Gasteiger partial charge in [0.25, 0.3) is 0 Å². The lowest BCUT2D eigenvalue weighted by molar-refractivity contribution is -0.141. The van der Waals surface area contributed by atoms with Gasteiger partial charge in [0.2, 0.25) is 5.82 Å². The van der Waals surface area contributed by atoms with Gasteiger partial charge in [-0.15, -0.1) is 10.2 Å². The van der Waals surface area contributed by atoms with Crippen molar-refractivity contribution >= 4 is 32.6 Å². The number of tetrazole rings is 1. The van der Waals surface area contributed by atoms with Crippen molar-refractivity contribution in [3.05, 3.63) is 52.0 Å². The molecule has 2 heterocycles. The Hall–Kier alpha value is -3.22. The SMILES string of the molecule is FC(F)Oc1ccc(NCc2cc3oc(-c4nn[nH]n4)cc3cc2Br)cc1C(F)(F)F. The van der Waals surface area contributed by atoms with Crippen LogP contribution in [0.3, 0.4) is 0 Å². The number of alkyl halides is 5. The zero-order valence-electron chi connectivity index (χ0n) is 15.2. The van der Waals surface area contributed by atoms with Gasteiger partial charge in [0.15, 0.2) is 5.76 Å². The number of aromatic amines is 1. The fraction of sp³-hybridized carbons (Fsp3) is 0.167. The van der Waals surface area contributed by atoms with Crippen molar-refractivity contribution in [2.75, 3.05) is 5.32 Å². The summed E-state index contributed by atoms with van der Waals surface area (Å²) in [6, 6.07) is 7.99. The van der Waals surface area contributed by atoms with E-state index in [0.717, 1.165) is 11.5 Å². The van der Waals surface area contributed by atoms with Crippen LogP contribution in [0.1, 0.15) is 11.1 Å². The van der Waals surface area contributed by atoms with Crippen molar-refractivity contribution in [2.24, 2.45) is 0 Å². The molecule has 4 rings (SSSR count). The van der Waals surface area contributed by atoms with Gasteiger partial charge in [-0.2, -0.15) is 27.2 Å². The maximum Gasteiger partial charge on any atom is 0.420 e. The molecule has 0 aliphatic heterocycles. The molecule has 4 aromatic rings. The Balaban J connectivity index is 1.58. The second kappa shape index (κ2) is 8.13. The number of fused-ring (bicyclic) bond motifs is 1. The molecule has 0 saturated carbocycles. The highest BCUT2D eigenvalue weighted by atomic mass is 79.9. The second-order valence-electron chi connectivity index (χ2n) is 6.27. The van der Waals surface area contributed by atoms with Crippen LogP contribution in [0.2, 0.25) is 0 Å². The maximum atomic E-state index is 13.2. The molecule has 162 valence electrons. The third-order valence-electron chi connectivity index (χ3n) is 4.24. The summed E-state index contributed by atoms with van der Waals surface area (Å²) in [7, 11) is 0. The summed E-state index contributed by atoms with van der Waals surface area (Å²) in [6.07, 6.45) is -4.86. The minimum Gasteiger partial charge on any atom is -0.453 e. The normalized spacial score (nSPS) is 12.0. The van der Waals surface area contributed by atoms with Crippen LogP contribution in [0.5, 0.6) is 5.75 Å². The highest BCUT2D eigenvalue weighted by Crippen LogP contribution is 2.39. The molecule has 2 aromatic carbocycles. The number of anilines is 1. The first-order valence-electron chi connectivity index (χ1n) is 8.56. The topological polar surface area (TPSA) is 88.9 Å². The Morgan fingerprint density at radius 3 is 2.65 bits per heavy atom. The standard InChI is InChI=1S/C18H11BrF5N5O2/c19-12-3-8-4-15(16-26-28-29-27-16)30-14(8)5-9(12)7-25-10-1-2-13(31-17(20)21)11(6-10)18(22,23)24/h1-6,17,25H,7H2,(H,26,27,28,29). The molecule has 0 radical (unpaired) electrons. The Morgan fingerprint density at radius 1 is 1.16 bits per heavy atom. The molecule has 31 heavy (non-hydrogen) atoms. The summed E-state index contributed by atoms with van der Waals surface area (Å²) in [5.74, 6) is -0.275. The van der Waals surface area contributed by atoms with Crippen LogP contribution in [0.15, 0.2) is 45.3 Å². The molecule has 0 fully saturated rings. The Bertz CT molecular complexity index is 1210. The van der Waals surface area contributed by atoms with E-state index in [9.17, 15) is 22.0 Å². The monoisotopic (exact) mass is 503 g/mol. The number of hydrogen-bond acceptors (Lipinski definition) is 6. The van der Waals surface area contributed by atoms with Crippen molar-refractivity contribution in [2.45, 2.75) is 19.3 Å². The number of hydrogen-bond donors (Lipinski definition) is 2. The fourth-order valence-electron chi connectivity index (χ4n) is 2.87. The van der Waals surface area contributed by atoms with Crippen LogP contribution < -0.4 is 10.1 Å². The number of ether oxygens (including phenoxy) is 1. The van der Waals surface area contributed by atoms with E-state index in [-0.39, 0.29) is 18.1 Å². The van der Waals surface area contributed by atoms with E-state index in [4.69, 9.17) is 4.42 Å². The number of furan rings is 1. The molecule has 2 aromatic heterocycles. The third-order valence-corrected chi connectivity index (χ3v) is 4.97. The van der Waals surface area contributed by atoms with E-state index in [2.05, 4.69) is 46.6 Å². The number of nitrogens with zero attached hydrogens (tertiary/aromatic N) is 3. The molecule has 0 saturated heterocycles. The van der Waals surface area contributed by atoms with Gasteiger partial charge in [-0.25, -0.2) is 0 Å². The minimum atomic E-state index is -4.86. The van der Waals surface area contributed by atoms with Crippen molar-refractivity contribution < 1.29 is 31.1 Å². The van der Waals surface area contributed by atoms with Gasteiger partial charge in [0.1, 0.15) is 11.3 Å². The van der Waals surface area contributed by atoms with Crippen LogP contribution in [-0.4, -0.2) is 27.2 Å². The molecular formula is C18H11BrF5N5O2. The van der Waals surface area contributed by atoms with Gasteiger partial charge in [-0.1, -0.05) is 15.9 Å². The summed E-state index contributed by atoms with van der Waals surface area (Å²) in [6.45, 7) is -3.24. The summed E-state index contributed by atoms with van der Waals surface area (Å²) < 4.78 is 74.8. The van der Waals surface area contributed by atoms with E-state index >= 15 is 0 Å². The number of H-pyrrole nitrogens is 1. The summed E-state index contributed by atoms with van der Waals surface area (Å²) >= 11 is 3.42.